The third kappa shape index (κ3) is 2.75. The first kappa shape index (κ1) is 11.0. The van der Waals surface area contributed by atoms with Gasteiger partial charge in [-0.2, -0.15) is 0 Å². The highest BCUT2D eigenvalue weighted by Gasteiger charge is 2.20. The molecule has 0 atom stereocenters. The van der Waals surface area contributed by atoms with Gasteiger partial charge in [-0.15, -0.1) is 0 Å². The second kappa shape index (κ2) is 5.01. The Bertz CT molecular complexity index is 353. The number of phenolic OH excluding ortho intramolecular Hbond substituents is 1. The average Bonchev–Trinajstić information content (AvgIpc) is 2.33. The van der Waals surface area contributed by atoms with Crippen LogP contribution in [0.2, 0.25) is 0 Å². The maximum Gasteiger partial charge on any atom is 0.227 e. The Morgan fingerprint density at radius 1 is 1.12 bits per heavy atom. The zero-order valence-corrected chi connectivity index (χ0v) is 9.28. The number of phenols is 1. The van der Waals surface area contributed by atoms with Crippen molar-refractivity contribution in [3.05, 3.63) is 24.3 Å². The van der Waals surface area contributed by atoms with Gasteiger partial charge in [-0.1, -0.05) is 19.3 Å². The van der Waals surface area contributed by atoms with Crippen molar-refractivity contribution in [1.82, 2.24) is 0 Å². The summed E-state index contributed by atoms with van der Waals surface area (Å²) in [5.41, 5.74) is 0.758. The maximum absolute atomic E-state index is 11.9. The molecular formula is C13H17NO2. The van der Waals surface area contributed by atoms with Gasteiger partial charge in [0.05, 0.1) is 0 Å². The molecule has 2 rings (SSSR count). The summed E-state index contributed by atoms with van der Waals surface area (Å²) in [5, 5.41) is 12.0. The zero-order valence-electron chi connectivity index (χ0n) is 9.28. The minimum absolute atomic E-state index is 0.116. The Morgan fingerprint density at radius 2 is 1.75 bits per heavy atom. The summed E-state index contributed by atoms with van der Waals surface area (Å²) in [6.07, 6.45) is 5.58. The quantitative estimate of drug-likeness (QED) is 0.751. The third-order valence-electron chi connectivity index (χ3n) is 3.11. The summed E-state index contributed by atoms with van der Waals surface area (Å²) >= 11 is 0. The van der Waals surface area contributed by atoms with E-state index >= 15 is 0 Å². The van der Waals surface area contributed by atoms with E-state index in [-0.39, 0.29) is 17.6 Å². The molecule has 86 valence electrons. The van der Waals surface area contributed by atoms with Crippen molar-refractivity contribution < 1.29 is 9.90 Å². The molecule has 1 fully saturated rings. The number of carbonyl (C=O) groups is 1. The molecule has 0 aromatic heterocycles. The minimum Gasteiger partial charge on any atom is -0.508 e. The smallest absolute Gasteiger partial charge is 0.227 e. The van der Waals surface area contributed by atoms with Gasteiger partial charge in [-0.3, -0.25) is 4.79 Å². The molecule has 1 aliphatic carbocycles. The number of nitrogens with one attached hydrogen (secondary N) is 1. The van der Waals surface area contributed by atoms with Crippen LogP contribution in [0.5, 0.6) is 5.75 Å². The average molecular weight is 219 g/mol. The lowest BCUT2D eigenvalue weighted by molar-refractivity contribution is -0.120. The van der Waals surface area contributed by atoms with E-state index in [2.05, 4.69) is 5.32 Å². The van der Waals surface area contributed by atoms with Crippen LogP contribution in [0.25, 0.3) is 0 Å². The van der Waals surface area contributed by atoms with E-state index in [9.17, 15) is 4.79 Å². The van der Waals surface area contributed by atoms with Crippen LogP contribution in [-0.4, -0.2) is 11.0 Å². The number of hydrogen-bond acceptors (Lipinski definition) is 2. The van der Waals surface area contributed by atoms with Crippen LogP contribution in [0.3, 0.4) is 0 Å². The summed E-state index contributed by atoms with van der Waals surface area (Å²) in [6.45, 7) is 0. The maximum atomic E-state index is 11.9. The van der Waals surface area contributed by atoms with Crippen LogP contribution in [0, 0.1) is 5.92 Å². The molecule has 1 amide bonds. The molecule has 16 heavy (non-hydrogen) atoms. The minimum atomic E-state index is 0.116. The van der Waals surface area contributed by atoms with Gasteiger partial charge in [0.2, 0.25) is 5.91 Å². The molecule has 0 radical (unpaired) electrons. The molecular weight excluding hydrogens is 202 g/mol. The molecule has 0 bridgehead atoms. The highest BCUT2D eigenvalue weighted by molar-refractivity contribution is 5.92. The van der Waals surface area contributed by atoms with Crippen LogP contribution in [0.1, 0.15) is 32.1 Å². The van der Waals surface area contributed by atoms with E-state index in [1.54, 1.807) is 24.3 Å². The molecule has 3 heteroatoms. The van der Waals surface area contributed by atoms with Gasteiger partial charge in [0, 0.05) is 11.6 Å². The summed E-state index contributed by atoms with van der Waals surface area (Å²) in [7, 11) is 0. The normalized spacial score (nSPS) is 17.0. The van der Waals surface area contributed by atoms with E-state index < -0.39 is 0 Å². The molecule has 1 saturated carbocycles. The van der Waals surface area contributed by atoms with Crippen molar-refractivity contribution in [3.63, 3.8) is 0 Å². The van der Waals surface area contributed by atoms with Crippen molar-refractivity contribution in [3.8, 4) is 5.75 Å². The van der Waals surface area contributed by atoms with Gasteiger partial charge >= 0.3 is 0 Å². The Hall–Kier alpha value is -1.51. The number of carbonyl (C=O) groups excluding carboxylic acids is 1. The first-order valence-corrected chi connectivity index (χ1v) is 5.85. The molecule has 2 N–H and O–H groups in total. The van der Waals surface area contributed by atoms with Crippen molar-refractivity contribution in [2.75, 3.05) is 5.32 Å². The SMILES string of the molecule is O=C(Nc1ccc(O)cc1)C1CCCCC1. The second-order valence-corrected chi connectivity index (χ2v) is 4.37. The Morgan fingerprint density at radius 3 is 2.38 bits per heavy atom. The Balaban J connectivity index is 1.93. The zero-order chi connectivity index (χ0) is 11.4. The lowest BCUT2D eigenvalue weighted by atomic mass is 9.88. The van der Waals surface area contributed by atoms with Gasteiger partial charge in [-0.05, 0) is 37.1 Å². The fraction of sp³-hybridized carbons (Fsp3) is 0.462. The summed E-state index contributed by atoms with van der Waals surface area (Å²) in [5.74, 6) is 0.503. The van der Waals surface area contributed by atoms with E-state index in [0.29, 0.717) is 0 Å². The molecule has 0 unspecified atom stereocenters. The summed E-state index contributed by atoms with van der Waals surface area (Å²) in [4.78, 5) is 11.9. The first-order chi connectivity index (χ1) is 7.75. The fourth-order valence-electron chi connectivity index (χ4n) is 2.15. The monoisotopic (exact) mass is 219 g/mol. The van der Waals surface area contributed by atoms with E-state index in [1.807, 2.05) is 0 Å². The van der Waals surface area contributed by atoms with Crippen LogP contribution < -0.4 is 5.32 Å². The molecule has 0 spiro atoms. The molecule has 3 nitrogen and oxygen atoms in total. The molecule has 1 aromatic rings. The van der Waals surface area contributed by atoms with Crippen molar-refractivity contribution in [2.24, 2.45) is 5.92 Å². The van der Waals surface area contributed by atoms with Crippen LogP contribution in [-0.2, 0) is 4.79 Å². The van der Waals surface area contributed by atoms with E-state index in [0.717, 1.165) is 31.4 Å². The second-order valence-electron chi connectivity index (χ2n) is 4.37. The number of anilines is 1. The fourth-order valence-corrected chi connectivity index (χ4v) is 2.15. The lowest BCUT2D eigenvalue weighted by Gasteiger charge is -2.20. The highest BCUT2D eigenvalue weighted by atomic mass is 16.3. The van der Waals surface area contributed by atoms with E-state index in [4.69, 9.17) is 5.11 Å². The predicted molar refractivity (Wildman–Crippen MR) is 63.3 cm³/mol. The largest absolute Gasteiger partial charge is 0.508 e. The standard InChI is InChI=1S/C13H17NO2/c15-12-8-6-11(7-9-12)14-13(16)10-4-2-1-3-5-10/h6-10,15H,1-5H2,(H,14,16). The number of aromatic hydroxyl groups is 1. The van der Waals surface area contributed by atoms with Gasteiger partial charge in [0.15, 0.2) is 0 Å². The highest BCUT2D eigenvalue weighted by Crippen LogP contribution is 2.25. The topological polar surface area (TPSA) is 49.3 Å². The first-order valence-electron chi connectivity index (χ1n) is 5.85. The van der Waals surface area contributed by atoms with Gasteiger partial charge < -0.3 is 10.4 Å². The van der Waals surface area contributed by atoms with Gasteiger partial charge in [-0.25, -0.2) is 0 Å². The van der Waals surface area contributed by atoms with Crippen molar-refractivity contribution >= 4 is 11.6 Å². The molecule has 0 aliphatic heterocycles. The molecule has 0 heterocycles. The van der Waals surface area contributed by atoms with Crippen LogP contribution in [0.4, 0.5) is 5.69 Å². The molecule has 1 aromatic carbocycles. The van der Waals surface area contributed by atoms with Crippen LogP contribution in [0.15, 0.2) is 24.3 Å². The molecule has 1 aliphatic rings. The van der Waals surface area contributed by atoms with Crippen molar-refractivity contribution in [1.29, 1.82) is 0 Å². The number of rotatable bonds is 2. The van der Waals surface area contributed by atoms with Gasteiger partial charge in [0.25, 0.3) is 0 Å². The lowest BCUT2D eigenvalue weighted by Crippen LogP contribution is -2.24. The Kier molecular flexibility index (Phi) is 3.44. The predicted octanol–water partition coefficient (Wildman–Crippen LogP) is 2.91. The summed E-state index contributed by atoms with van der Waals surface area (Å²) in [6, 6.07) is 6.60. The van der Waals surface area contributed by atoms with Crippen LogP contribution >= 0.6 is 0 Å². The third-order valence-corrected chi connectivity index (χ3v) is 3.11. The number of hydrogen-bond donors (Lipinski definition) is 2. The Labute approximate surface area is 95.5 Å². The van der Waals surface area contributed by atoms with E-state index in [1.165, 1.54) is 6.42 Å². The number of amides is 1. The molecule has 0 saturated heterocycles. The van der Waals surface area contributed by atoms with Crippen molar-refractivity contribution in [2.45, 2.75) is 32.1 Å². The van der Waals surface area contributed by atoms with Gasteiger partial charge in [0.1, 0.15) is 5.75 Å². The summed E-state index contributed by atoms with van der Waals surface area (Å²) < 4.78 is 0. The number of benzene rings is 1.